The Morgan fingerprint density at radius 2 is 1.76 bits per heavy atom. The van der Waals surface area contributed by atoms with E-state index in [1.165, 1.54) is 6.26 Å². The SMILES string of the molecule is CN=C(NCc1ccc(C)cc1OC(C)(C)C)NCC(C)(C)CCS(C)(=O)=O.I. The maximum Gasteiger partial charge on any atom is 0.191 e. The molecule has 0 aliphatic carbocycles. The molecule has 1 aromatic carbocycles. The largest absolute Gasteiger partial charge is 0.488 e. The fourth-order valence-electron chi connectivity index (χ4n) is 2.51. The number of rotatable bonds is 8. The van der Waals surface area contributed by atoms with E-state index in [1.54, 1.807) is 7.05 Å². The molecule has 0 amide bonds. The first-order valence-corrected chi connectivity index (χ1v) is 11.7. The standard InChI is InChI=1S/C21H37N3O3S.HI/c1-16-9-10-17(18(13-16)27-20(2,3)4)14-23-19(22-7)24-15-21(5,6)11-12-28(8,25)26;/h9-10,13H,11-12,14-15H2,1-8H3,(H2,22,23,24);1H. The minimum absolute atomic E-state index is 0. The highest BCUT2D eigenvalue weighted by atomic mass is 127. The number of guanidine groups is 1. The lowest BCUT2D eigenvalue weighted by atomic mass is 9.90. The lowest BCUT2D eigenvalue weighted by Crippen LogP contribution is -2.42. The van der Waals surface area contributed by atoms with E-state index in [0.717, 1.165) is 16.9 Å². The zero-order valence-corrected chi connectivity index (χ0v) is 22.2. The average Bonchev–Trinajstić information content (AvgIpc) is 2.53. The quantitative estimate of drug-likeness (QED) is 0.298. The Balaban J connectivity index is 0.00000784. The van der Waals surface area contributed by atoms with Gasteiger partial charge in [-0.3, -0.25) is 4.99 Å². The molecule has 0 fully saturated rings. The third-order valence-corrected chi connectivity index (χ3v) is 5.14. The number of nitrogens with one attached hydrogen (secondary N) is 2. The van der Waals surface area contributed by atoms with Gasteiger partial charge in [-0.1, -0.05) is 26.0 Å². The van der Waals surface area contributed by atoms with Crippen LogP contribution >= 0.6 is 24.0 Å². The Bertz CT molecular complexity index is 785. The van der Waals surface area contributed by atoms with Crippen molar-refractivity contribution in [3.63, 3.8) is 0 Å². The lowest BCUT2D eigenvalue weighted by Gasteiger charge is -2.26. The van der Waals surface area contributed by atoms with E-state index in [2.05, 4.69) is 27.8 Å². The number of nitrogens with zero attached hydrogens (tertiary/aromatic N) is 1. The zero-order valence-electron chi connectivity index (χ0n) is 19.0. The first-order chi connectivity index (χ1) is 12.7. The highest BCUT2D eigenvalue weighted by molar-refractivity contribution is 14.0. The lowest BCUT2D eigenvalue weighted by molar-refractivity contribution is 0.129. The molecule has 2 N–H and O–H groups in total. The van der Waals surface area contributed by atoms with Gasteiger partial charge in [0.25, 0.3) is 0 Å². The van der Waals surface area contributed by atoms with Crippen molar-refractivity contribution >= 4 is 39.8 Å². The number of sulfone groups is 1. The molecule has 0 atom stereocenters. The van der Waals surface area contributed by atoms with Gasteiger partial charge < -0.3 is 15.4 Å². The number of aryl methyl sites for hydroxylation is 1. The van der Waals surface area contributed by atoms with Gasteiger partial charge in [0.2, 0.25) is 0 Å². The highest BCUT2D eigenvalue weighted by Crippen LogP contribution is 2.25. The minimum atomic E-state index is -2.96. The summed E-state index contributed by atoms with van der Waals surface area (Å²) < 4.78 is 28.9. The van der Waals surface area contributed by atoms with Crippen molar-refractivity contribution in [1.29, 1.82) is 0 Å². The van der Waals surface area contributed by atoms with Crippen molar-refractivity contribution in [1.82, 2.24) is 10.6 Å². The first-order valence-electron chi connectivity index (χ1n) is 9.62. The second-order valence-corrected chi connectivity index (χ2v) is 11.4. The fourth-order valence-corrected chi connectivity index (χ4v) is 3.43. The minimum Gasteiger partial charge on any atom is -0.488 e. The molecule has 1 rings (SSSR count). The van der Waals surface area contributed by atoms with E-state index in [1.807, 2.05) is 47.6 Å². The summed E-state index contributed by atoms with van der Waals surface area (Å²) in [5.74, 6) is 1.73. The van der Waals surface area contributed by atoms with Gasteiger partial charge in [-0.2, -0.15) is 0 Å². The molecule has 0 aliphatic heterocycles. The molecule has 0 radical (unpaired) electrons. The summed E-state index contributed by atoms with van der Waals surface area (Å²) in [6.45, 7) is 13.5. The number of halogens is 1. The molecule has 0 heterocycles. The van der Waals surface area contributed by atoms with Gasteiger partial charge in [0, 0.05) is 32.0 Å². The summed E-state index contributed by atoms with van der Waals surface area (Å²) in [7, 11) is -1.24. The molecular weight excluding hydrogens is 501 g/mol. The second-order valence-electron chi connectivity index (χ2n) is 9.15. The summed E-state index contributed by atoms with van der Waals surface area (Å²) >= 11 is 0. The van der Waals surface area contributed by atoms with Gasteiger partial charge in [-0.25, -0.2) is 8.42 Å². The van der Waals surface area contributed by atoms with Crippen LogP contribution < -0.4 is 15.4 Å². The van der Waals surface area contributed by atoms with Crippen LogP contribution in [0.5, 0.6) is 5.75 Å². The first kappa shape index (κ1) is 28.0. The number of ether oxygens (including phenoxy) is 1. The zero-order chi connectivity index (χ0) is 21.6. The van der Waals surface area contributed by atoms with Crippen LogP contribution in [0.4, 0.5) is 0 Å². The molecule has 0 saturated carbocycles. The van der Waals surface area contributed by atoms with Gasteiger partial charge >= 0.3 is 0 Å². The van der Waals surface area contributed by atoms with Crippen LogP contribution in [0.25, 0.3) is 0 Å². The topological polar surface area (TPSA) is 79.8 Å². The maximum atomic E-state index is 11.4. The van der Waals surface area contributed by atoms with Crippen molar-refractivity contribution < 1.29 is 13.2 Å². The van der Waals surface area contributed by atoms with Crippen molar-refractivity contribution in [3.05, 3.63) is 29.3 Å². The molecule has 8 heteroatoms. The number of benzene rings is 1. The van der Waals surface area contributed by atoms with E-state index in [4.69, 9.17) is 4.74 Å². The molecule has 0 unspecified atom stereocenters. The van der Waals surface area contributed by atoms with Crippen LogP contribution in [-0.2, 0) is 16.4 Å². The Labute approximate surface area is 194 Å². The monoisotopic (exact) mass is 539 g/mol. The third kappa shape index (κ3) is 12.3. The summed E-state index contributed by atoms with van der Waals surface area (Å²) in [5.41, 5.74) is 1.77. The van der Waals surface area contributed by atoms with Crippen LogP contribution in [0.1, 0.15) is 52.2 Å². The molecule has 6 nitrogen and oxygen atoms in total. The van der Waals surface area contributed by atoms with Gasteiger partial charge in [0.1, 0.15) is 21.2 Å². The van der Waals surface area contributed by atoms with Crippen molar-refractivity contribution in [2.75, 3.05) is 25.6 Å². The Kier molecular flexibility index (Phi) is 11.0. The summed E-state index contributed by atoms with van der Waals surface area (Å²) in [4.78, 5) is 4.27. The molecule has 0 bridgehead atoms. The van der Waals surface area contributed by atoms with Crippen molar-refractivity contribution in [2.45, 2.75) is 60.1 Å². The number of hydrogen-bond acceptors (Lipinski definition) is 4. The predicted molar refractivity (Wildman–Crippen MR) is 133 cm³/mol. The predicted octanol–water partition coefficient (Wildman–Crippen LogP) is 3.92. The van der Waals surface area contributed by atoms with E-state index in [9.17, 15) is 8.42 Å². The molecule has 0 spiro atoms. The van der Waals surface area contributed by atoms with E-state index >= 15 is 0 Å². The number of hydrogen-bond donors (Lipinski definition) is 2. The van der Waals surface area contributed by atoms with Crippen LogP contribution in [0, 0.1) is 12.3 Å². The fraction of sp³-hybridized carbons (Fsp3) is 0.667. The molecule has 0 aromatic heterocycles. The van der Waals surface area contributed by atoms with Crippen LogP contribution in [0.15, 0.2) is 23.2 Å². The normalized spacial score (nSPS) is 12.9. The van der Waals surface area contributed by atoms with E-state index in [0.29, 0.717) is 25.5 Å². The van der Waals surface area contributed by atoms with E-state index < -0.39 is 9.84 Å². The molecular formula is C21H38IN3O3S. The summed E-state index contributed by atoms with van der Waals surface area (Å²) in [5, 5.41) is 6.62. The van der Waals surface area contributed by atoms with Gasteiger partial charge in [-0.05, 0) is 51.2 Å². The van der Waals surface area contributed by atoms with Crippen LogP contribution in [-0.4, -0.2) is 45.6 Å². The van der Waals surface area contributed by atoms with Gasteiger partial charge in [0.05, 0.1) is 5.75 Å². The van der Waals surface area contributed by atoms with E-state index in [-0.39, 0.29) is 40.7 Å². The maximum absolute atomic E-state index is 11.4. The van der Waals surface area contributed by atoms with Gasteiger partial charge in [0.15, 0.2) is 5.96 Å². The average molecular weight is 540 g/mol. The smallest absolute Gasteiger partial charge is 0.191 e. The summed E-state index contributed by atoms with van der Waals surface area (Å²) in [6, 6.07) is 6.18. The Hall–Kier alpha value is -1.03. The highest BCUT2D eigenvalue weighted by Gasteiger charge is 2.21. The van der Waals surface area contributed by atoms with Gasteiger partial charge in [-0.15, -0.1) is 24.0 Å². The molecule has 29 heavy (non-hydrogen) atoms. The van der Waals surface area contributed by atoms with Crippen molar-refractivity contribution in [2.24, 2.45) is 10.4 Å². The third-order valence-electron chi connectivity index (χ3n) is 4.19. The van der Waals surface area contributed by atoms with Crippen molar-refractivity contribution in [3.8, 4) is 5.75 Å². The van der Waals surface area contributed by atoms with Crippen LogP contribution in [0.2, 0.25) is 0 Å². The molecule has 0 aliphatic rings. The summed E-state index contributed by atoms with van der Waals surface area (Å²) in [6.07, 6.45) is 1.87. The van der Waals surface area contributed by atoms with Crippen LogP contribution in [0.3, 0.4) is 0 Å². The second kappa shape index (κ2) is 11.4. The Morgan fingerprint density at radius 3 is 2.28 bits per heavy atom. The molecule has 1 aromatic rings. The Morgan fingerprint density at radius 1 is 1.14 bits per heavy atom. The number of aliphatic imine (C=N–C) groups is 1. The molecule has 0 saturated heterocycles. The molecule has 168 valence electrons.